The van der Waals surface area contributed by atoms with Gasteiger partial charge in [0.25, 0.3) is 0 Å². The summed E-state index contributed by atoms with van der Waals surface area (Å²) in [5.41, 5.74) is 0. The zero-order chi connectivity index (χ0) is 9.80. The fourth-order valence-corrected chi connectivity index (χ4v) is 2.20. The van der Waals surface area contributed by atoms with Crippen LogP contribution in [-0.4, -0.2) is 37.1 Å². The molecule has 1 aliphatic carbocycles. The zero-order valence-corrected chi connectivity index (χ0v) is 8.65. The van der Waals surface area contributed by atoms with E-state index in [4.69, 9.17) is 9.47 Å². The first kappa shape index (κ1) is 10.4. The Balaban J connectivity index is 1.60. The van der Waals surface area contributed by atoms with Crippen LogP contribution in [-0.2, 0) is 9.47 Å². The summed E-state index contributed by atoms with van der Waals surface area (Å²) < 4.78 is 11.1. The van der Waals surface area contributed by atoms with Crippen LogP contribution in [0.2, 0.25) is 0 Å². The average molecular weight is 200 g/mol. The maximum atomic E-state index is 9.33. The van der Waals surface area contributed by atoms with E-state index in [1.165, 1.54) is 0 Å². The van der Waals surface area contributed by atoms with E-state index in [9.17, 15) is 5.11 Å². The van der Waals surface area contributed by atoms with E-state index in [0.717, 1.165) is 51.9 Å². The SMILES string of the molecule is OC1CCC(OCC2CCOC2)CC1. The second-order valence-electron chi connectivity index (χ2n) is 4.49. The third-order valence-electron chi connectivity index (χ3n) is 3.24. The van der Waals surface area contributed by atoms with Gasteiger partial charge in [-0.25, -0.2) is 0 Å². The van der Waals surface area contributed by atoms with E-state index in [2.05, 4.69) is 0 Å². The van der Waals surface area contributed by atoms with E-state index in [1.54, 1.807) is 0 Å². The number of rotatable bonds is 3. The van der Waals surface area contributed by atoms with Gasteiger partial charge in [-0.15, -0.1) is 0 Å². The van der Waals surface area contributed by atoms with Crippen molar-refractivity contribution in [3.63, 3.8) is 0 Å². The van der Waals surface area contributed by atoms with E-state index in [-0.39, 0.29) is 6.10 Å². The lowest BCUT2D eigenvalue weighted by Crippen LogP contribution is -2.26. The van der Waals surface area contributed by atoms with Crippen LogP contribution >= 0.6 is 0 Å². The van der Waals surface area contributed by atoms with Gasteiger partial charge < -0.3 is 14.6 Å². The first-order valence-electron chi connectivity index (χ1n) is 5.72. The molecule has 14 heavy (non-hydrogen) atoms. The average Bonchev–Trinajstić information content (AvgIpc) is 2.70. The van der Waals surface area contributed by atoms with Crippen molar-refractivity contribution in [2.75, 3.05) is 19.8 Å². The number of hydrogen-bond acceptors (Lipinski definition) is 3. The van der Waals surface area contributed by atoms with Crippen molar-refractivity contribution in [2.24, 2.45) is 5.92 Å². The molecule has 1 heterocycles. The Morgan fingerprint density at radius 2 is 1.93 bits per heavy atom. The van der Waals surface area contributed by atoms with Gasteiger partial charge in [-0.05, 0) is 32.1 Å². The number of aliphatic hydroxyl groups is 1. The van der Waals surface area contributed by atoms with E-state index >= 15 is 0 Å². The number of ether oxygens (including phenoxy) is 2. The molecule has 0 aromatic heterocycles. The predicted molar refractivity (Wildman–Crippen MR) is 53.1 cm³/mol. The van der Waals surface area contributed by atoms with Crippen LogP contribution in [0, 0.1) is 5.92 Å². The molecule has 3 nitrogen and oxygen atoms in total. The zero-order valence-electron chi connectivity index (χ0n) is 8.65. The second kappa shape index (κ2) is 5.10. The van der Waals surface area contributed by atoms with Gasteiger partial charge in [-0.3, -0.25) is 0 Å². The second-order valence-corrected chi connectivity index (χ2v) is 4.49. The van der Waals surface area contributed by atoms with Crippen molar-refractivity contribution in [3.05, 3.63) is 0 Å². The standard InChI is InChI=1S/C11H20O3/c12-10-1-3-11(4-2-10)14-8-9-5-6-13-7-9/h9-12H,1-8H2. The third kappa shape index (κ3) is 2.94. The number of aliphatic hydroxyl groups excluding tert-OH is 1. The molecule has 2 aliphatic rings. The molecule has 2 rings (SSSR count). The Labute approximate surface area is 85.4 Å². The molecule has 0 bridgehead atoms. The Hall–Kier alpha value is -0.120. The summed E-state index contributed by atoms with van der Waals surface area (Å²) in [6.07, 6.45) is 5.32. The van der Waals surface area contributed by atoms with E-state index in [1.807, 2.05) is 0 Å². The molecule has 3 heteroatoms. The molecule has 0 spiro atoms. The molecule has 0 aromatic carbocycles. The maximum Gasteiger partial charge on any atom is 0.0577 e. The van der Waals surface area contributed by atoms with Crippen molar-refractivity contribution in [2.45, 2.75) is 44.3 Å². The smallest absolute Gasteiger partial charge is 0.0577 e. The summed E-state index contributed by atoms with van der Waals surface area (Å²) in [4.78, 5) is 0. The Morgan fingerprint density at radius 1 is 1.14 bits per heavy atom. The van der Waals surface area contributed by atoms with Crippen molar-refractivity contribution < 1.29 is 14.6 Å². The fourth-order valence-electron chi connectivity index (χ4n) is 2.20. The summed E-state index contributed by atoms with van der Waals surface area (Å²) in [6.45, 7) is 2.62. The minimum absolute atomic E-state index is 0.0790. The monoisotopic (exact) mass is 200 g/mol. The Kier molecular flexibility index (Phi) is 3.79. The summed E-state index contributed by atoms with van der Waals surface area (Å²) in [5, 5.41) is 9.33. The molecule has 0 amide bonds. The van der Waals surface area contributed by atoms with Gasteiger partial charge >= 0.3 is 0 Å². The minimum atomic E-state index is -0.0790. The lowest BCUT2D eigenvalue weighted by Gasteiger charge is -2.26. The first-order chi connectivity index (χ1) is 6.84. The van der Waals surface area contributed by atoms with Gasteiger partial charge in [0.2, 0.25) is 0 Å². The topological polar surface area (TPSA) is 38.7 Å². The molecular formula is C11H20O3. The molecule has 1 aliphatic heterocycles. The summed E-state index contributed by atoms with van der Waals surface area (Å²) in [7, 11) is 0. The molecular weight excluding hydrogens is 180 g/mol. The molecule has 2 fully saturated rings. The number of hydrogen-bond donors (Lipinski definition) is 1. The molecule has 82 valence electrons. The third-order valence-corrected chi connectivity index (χ3v) is 3.24. The lowest BCUT2D eigenvalue weighted by atomic mass is 9.95. The van der Waals surface area contributed by atoms with Gasteiger partial charge in [0.15, 0.2) is 0 Å². The van der Waals surface area contributed by atoms with E-state index in [0.29, 0.717) is 12.0 Å². The van der Waals surface area contributed by atoms with Gasteiger partial charge in [-0.2, -0.15) is 0 Å². The fraction of sp³-hybridized carbons (Fsp3) is 1.00. The minimum Gasteiger partial charge on any atom is -0.393 e. The highest BCUT2D eigenvalue weighted by Gasteiger charge is 2.22. The van der Waals surface area contributed by atoms with Crippen LogP contribution in [0.25, 0.3) is 0 Å². The van der Waals surface area contributed by atoms with Crippen molar-refractivity contribution in [1.29, 1.82) is 0 Å². The summed E-state index contributed by atoms with van der Waals surface area (Å²) >= 11 is 0. The molecule has 1 unspecified atom stereocenters. The van der Waals surface area contributed by atoms with Gasteiger partial charge in [0, 0.05) is 12.5 Å². The van der Waals surface area contributed by atoms with Crippen LogP contribution in [0.3, 0.4) is 0 Å². The highest BCUT2D eigenvalue weighted by molar-refractivity contribution is 4.72. The van der Waals surface area contributed by atoms with Crippen LogP contribution in [0.1, 0.15) is 32.1 Å². The molecule has 1 N–H and O–H groups in total. The molecule has 0 aromatic rings. The van der Waals surface area contributed by atoms with Gasteiger partial charge in [0.1, 0.15) is 0 Å². The van der Waals surface area contributed by atoms with Gasteiger partial charge in [0.05, 0.1) is 25.4 Å². The molecule has 0 radical (unpaired) electrons. The normalized spacial score (nSPS) is 38.8. The van der Waals surface area contributed by atoms with Crippen LogP contribution in [0.4, 0.5) is 0 Å². The first-order valence-corrected chi connectivity index (χ1v) is 5.72. The highest BCUT2D eigenvalue weighted by Crippen LogP contribution is 2.22. The predicted octanol–water partition coefficient (Wildman–Crippen LogP) is 1.34. The quantitative estimate of drug-likeness (QED) is 0.747. The van der Waals surface area contributed by atoms with Crippen molar-refractivity contribution >= 4 is 0 Å². The molecule has 1 saturated heterocycles. The lowest BCUT2D eigenvalue weighted by molar-refractivity contribution is -0.0183. The van der Waals surface area contributed by atoms with Crippen molar-refractivity contribution in [3.8, 4) is 0 Å². The Bertz CT molecular complexity index is 158. The maximum absolute atomic E-state index is 9.33. The highest BCUT2D eigenvalue weighted by atomic mass is 16.5. The summed E-state index contributed by atoms with van der Waals surface area (Å²) in [6, 6.07) is 0. The van der Waals surface area contributed by atoms with Crippen LogP contribution in [0.5, 0.6) is 0 Å². The summed E-state index contributed by atoms with van der Waals surface area (Å²) in [5.74, 6) is 0.613. The van der Waals surface area contributed by atoms with Gasteiger partial charge in [-0.1, -0.05) is 0 Å². The van der Waals surface area contributed by atoms with Crippen LogP contribution in [0.15, 0.2) is 0 Å². The van der Waals surface area contributed by atoms with E-state index < -0.39 is 0 Å². The van der Waals surface area contributed by atoms with Crippen molar-refractivity contribution in [1.82, 2.24) is 0 Å². The molecule has 1 atom stereocenters. The van der Waals surface area contributed by atoms with Crippen LogP contribution < -0.4 is 0 Å². The molecule has 1 saturated carbocycles. The largest absolute Gasteiger partial charge is 0.393 e. The Morgan fingerprint density at radius 3 is 2.57 bits per heavy atom.